The summed E-state index contributed by atoms with van der Waals surface area (Å²) in [6.07, 6.45) is 17.7. The van der Waals surface area contributed by atoms with Crippen molar-refractivity contribution in [3.8, 4) is 0 Å². The van der Waals surface area contributed by atoms with E-state index in [4.69, 9.17) is 22.4 Å². The van der Waals surface area contributed by atoms with Gasteiger partial charge < -0.3 is 10.8 Å². The molecule has 1 unspecified atom stereocenters. The molecule has 0 fully saturated rings. The molecular weight excluding hydrogens is 358 g/mol. The zero-order valence-corrected chi connectivity index (χ0v) is 17.8. The summed E-state index contributed by atoms with van der Waals surface area (Å²) < 4.78 is 0. The van der Waals surface area contributed by atoms with Gasteiger partial charge in [-0.15, -0.1) is 0 Å². The standard InChI is InChI=1S/C23H38ClNO2/c1-2-3-4-5-6-7-8-9-10-11-12-13-20(25)16-14-19-15-17-21(23(26)27)22(24)18-19/h15,17-18,20H,2-14,16,25H2,1H3,(H,26,27). The largest absolute Gasteiger partial charge is 0.478 e. The van der Waals surface area contributed by atoms with E-state index < -0.39 is 5.97 Å². The Bertz CT molecular complexity index is 533. The zero-order chi connectivity index (χ0) is 19.9. The van der Waals surface area contributed by atoms with Crippen LogP contribution in [0.25, 0.3) is 0 Å². The third kappa shape index (κ3) is 11.4. The summed E-state index contributed by atoms with van der Waals surface area (Å²) >= 11 is 6.01. The molecule has 3 N–H and O–H groups in total. The minimum atomic E-state index is -0.986. The van der Waals surface area contributed by atoms with Gasteiger partial charge in [0.1, 0.15) is 0 Å². The lowest BCUT2D eigenvalue weighted by atomic mass is 9.99. The number of carboxylic acids is 1. The van der Waals surface area contributed by atoms with E-state index in [0.29, 0.717) is 5.02 Å². The van der Waals surface area contributed by atoms with Gasteiger partial charge in [-0.3, -0.25) is 0 Å². The third-order valence-corrected chi connectivity index (χ3v) is 5.56. The van der Waals surface area contributed by atoms with Crippen molar-refractivity contribution in [3.05, 3.63) is 34.3 Å². The summed E-state index contributed by atoms with van der Waals surface area (Å²) in [5.41, 5.74) is 7.44. The molecule has 1 aromatic carbocycles. The number of benzene rings is 1. The third-order valence-electron chi connectivity index (χ3n) is 5.25. The first-order valence-electron chi connectivity index (χ1n) is 10.8. The highest BCUT2D eigenvalue weighted by atomic mass is 35.5. The van der Waals surface area contributed by atoms with Crippen LogP contribution in [-0.2, 0) is 6.42 Å². The van der Waals surface area contributed by atoms with Gasteiger partial charge in [-0.25, -0.2) is 4.79 Å². The van der Waals surface area contributed by atoms with E-state index in [0.717, 1.165) is 24.8 Å². The quantitative estimate of drug-likeness (QED) is 0.296. The van der Waals surface area contributed by atoms with Crippen LogP contribution in [0.5, 0.6) is 0 Å². The number of rotatable bonds is 16. The number of carboxylic acid groups (broad SMARTS) is 1. The predicted octanol–water partition coefficient (Wildman–Crippen LogP) is 7.00. The molecule has 154 valence electrons. The van der Waals surface area contributed by atoms with Crippen molar-refractivity contribution < 1.29 is 9.90 Å². The topological polar surface area (TPSA) is 63.3 Å². The predicted molar refractivity (Wildman–Crippen MR) is 116 cm³/mol. The van der Waals surface area contributed by atoms with Crippen molar-refractivity contribution in [2.24, 2.45) is 5.73 Å². The molecule has 0 spiro atoms. The van der Waals surface area contributed by atoms with E-state index in [1.807, 2.05) is 6.07 Å². The molecule has 0 aliphatic carbocycles. The normalized spacial score (nSPS) is 12.3. The average molecular weight is 396 g/mol. The number of nitrogens with two attached hydrogens (primary N) is 1. The van der Waals surface area contributed by atoms with Crippen LogP contribution in [0.4, 0.5) is 0 Å². The van der Waals surface area contributed by atoms with E-state index >= 15 is 0 Å². The molecule has 0 aromatic heterocycles. The van der Waals surface area contributed by atoms with E-state index in [1.54, 1.807) is 12.1 Å². The molecule has 0 aliphatic rings. The first-order valence-corrected chi connectivity index (χ1v) is 11.2. The summed E-state index contributed by atoms with van der Waals surface area (Å²) in [6, 6.07) is 5.38. The van der Waals surface area contributed by atoms with Crippen LogP contribution in [0.1, 0.15) is 106 Å². The molecule has 1 aromatic rings. The molecule has 0 heterocycles. The maximum atomic E-state index is 11.0. The molecule has 1 atom stereocenters. The Morgan fingerprint density at radius 1 is 0.963 bits per heavy atom. The van der Waals surface area contributed by atoms with E-state index in [-0.39, 0.29) is 11.6 Å². The zero-order valence-electron chi connectivity index (χ0n) is 17.0. The Labute approximate surface area is 170 Å². The van der Waals surface area contributed by atoms with Gasteiger partial charge in [0.25, 0.3) is 0 Å². The number of hydrogen-bond acceptors (Lipinski definition) is 2. The number of hydrogen-bond donors (Lipinski definition) is 2. The second-order valence-corrected chi connectivity index (χ2v) is 8.15. The maximum Gasteiger partial charge on any atom is 0.337 e. The lowest BCUT2D eigenvalue weighted by Crippen LogP contribution is -2.20. The van der Waals surface area contributed by atoms with Crippen molar-refractivity contribution in [2.45, 2.75) is 103 Å². The molecule has 0 amide bonds. The summed E-state index contributed by atoms with van der Waals surface area (Å²) in [5.74, 6) is -0.986. The Kier molecular flexibility index (Phi) is 13.3. The van der Waals surface area contributed by atoms with Crippen LogP contribution >= 0.6 is 11.6 Å². The van der Waals surface area contributed by atoms with Gasteiger partial charge in [0.2, 0.25) is 0 Å². The van der Waals surface area contributed by atoms with Crippen molar-refractivity contribution in [3.63, 3.8) is 0 Å². The Balaban J connectivity index is 2.02. The molecule has 1 rings (SSSR count). The lowest BCUT2D eigenvalue weighted by molar-refractivity contribution is 0.0697. The first kappa shape index (κ1) is 24.0. The van der Waals surface area contributed by atoms with Gasteiger partial charge in [0.05, 0.1) is 10.6 Å². The van der Waals surface area contributed by atoms with Gasteiger partial charge in [-0.05, 0) is 37.0 Å². The van der Waals surface area contributed by atoms with Gasteiger partial charge in [-0.2, -0.15) is 0 Å². The summed E-state index contributed by atoms with van der Waals surface area (Å²) in [6.45, 7) is 2.26. The molecule has 0 radical (unpaired) electrons. The highest BCUT2D eigenvalue weighted by Crippen LogP contribution is 2.20. The van der Waals surface area contributed by atoms with E-state index in [2.05, 4.69) is 6.92 Å². The molecular formula is C23H38ClNO2. The van der Waals surface area contributed by atoms with Crippen LogP contribution in [0.3, 0.4) is 0 Å². The number of aromatic carboxylic acids is 1. The molecule has 4 heteroatoms. The highest BCUT2D eigenvalue weighted by Gasteiger charge is 2.10. The minimum absolute atomic E-state index is 0.158. The fraction of sp³-hybridized carbons (Fsp3) is 0.696. The molecule has 3 nitrogen and oxygen atoms in total. The Hall–Kier alpha value is -1.06. The van der Waals surface area contributed by atoms with Crippen molar-refractivity contribution in [1.29, 1.82) is 0 Å². The van der Waals surface area contributed by atoms with Crippen LogP contribution in [-0.4, -0.2) is 17.1 Å². The molecule has 0 bridgehead atoms. The number of carbonyl (C=O) groups is 1. The van der Waals surface area contributed by atoms with Crippen LogP contribution in [0, 0.1) is 0 Å². The molecule has 0 saturated heterocycles. The van der Waals surface area contributed by atoms with Crippen molar-refractivity contribution >= 4 is 17.6 Å². The molecule has 0 aliphatic heterocycles. The monoisotopic (exact) mass is 395 g/mol. The Morgan fingerprint density at radius 3 is 2.04 bits per heavy atom. The second kappa shape index (κ2) is 14.9. The summed E-state index contributed by atoms with van der Waals surface area (Å²) in [4.78, 5) is 11.0. The Morgan fingerprint density at radius 2 is 1.52 bits per heavy atom. The molecule has 27 heavy (non-hydrogen) atoms. The van der Waals surface area contributed by atoms with Gasteiger partial charge in [0, 0.05) is 6.04 Å². The maximum absolute atomic E-state index is 11.0. The second-order valence-electron chi connectivity index (χ2n) is 7.74. The highest BCUT2D eigenvalue weighted by molar-refractivity contribution is 6.33. The van der Waals surface area contributed by atoms with Crippen LogP contribution in [0.15, 0.2) is 18.2 Å². The SMILES string of the molecule is CCCCCCCCCCCCCC(N)CCc1ccc(C(=O)O)c(Cl)c1. The van der Waals surface area contributed by atoms with Gasteiger partial charge >= 0.3 is 5.97 Å². The number of aryl methyl sites for hydroxylation is 1. The summed E-state index contributed by atoms with van der Waals surface area (Å²) in [7, 11) is 0. The minimum Gasteiger partial charge on any atom is -0.478 e. The summed E-state index contributed by atoms with van der Waals surface area (Å²) in [5, 5.41) is 9.31. The number of halogens is 1. The van der Waals surface area contributed by atoms with Crippen molar-refractivity contribution in [1.82, 2.24) is 0 Å². The fourth-order valence-electron chi connectivity index (χ4n) is 3.45. The van der Waals surface area contributed by atoms with E-state index in [1.165, 1.54) is 70.6 Å². The van der Waals surface area contributed by atoms with Crippen LogP contribution in [0.2, 0.25) is 5.02 Å². The first-order chi connectivity index (χ1) is 13.0. The van der Waals surface area contributed by atoms with E-state index in [9.17, 15) is 4.79 Å². The average Bonchev–Trinajstić information content (AvgIpc) is 2.64. The smallest absolute Gasteiger partial charge is 0.337 e. The molecule has 0 saturated carbocycles. The number of unbranched alkanes of at least 4 members (excludes halogenated alkanes) is 10. The van der Waals surface area contributed by atoms with Gasteiger partial charge in [0.15, 0.2) is 0 Å². The fourth-order valence-corrected chi connectivity index (χ4v) is 3.74. The lowest BCUT2D eigenvalue weighted by Gasteiger charge is -2.12. The van der Waals surface area contributed by atoms with Crippen LogP contribution < -0.4 is 5.73 Å². The van der Waals surface area contributed by atoms with Crippen molar-refractivity contribution in [2.75, 3.05) is 0 Å². The van der Waals surface area contributed by atoms with Gasteiger partial charge in [-0.1, -0.05) is 95.2 Å².